The van der Waals surface area contributed by atoms with Crippen LogP contribution in [0.5, 0.6) is 0 Å². The first kappa shape index (κ1) is 26.8. The number of hydrogen-bond acceptors (Lipinski definition) is 5. The summed E-state index contributed by atoms with van der Waals surface area (Å²) >= 11 is 0. The first-order valence-electron chi connectivity index (χ1n) is 12.0. The summed E-state index contributed by atoms with van der Waals surface area (Å²) in [5.41, 5.74) is 0.867. The molecule has 5 nitrogen and oxygen atoms in total. The molecule has 3 rings (SSSR count). The van der Waals surface area contributed by atoms with Crippen LogP contribution in [0.25, 0.3) is 0 Å². The molecule has 0 amide bonds. The van der Waals surface area contributed by atoms with Crippen LogP contribution in [0.2, 0.25) is 5.04 Å². The van der Waals surface area contributed by atoms with Crippen molar-refractivity contribution in [3.8, 4) is 0 Å². The second-order valence-electron chi connectivity index (χ2n) is 10.2. The smallest absolute Gasteiger partial charge is 0.305 e. The maximum atomic E-state index is 12.4. The molecule has 0 aliphatic heterocycles. The van der Waals surface area contributed by atoms with Crippen molar-refractivity contribution in [2.45, 2.75) is 51.9 Å². The third-order valence-electron chi connectivity index (χ3n) is 6.35. The van der Waals surface area contributed by atoms with E-state index in [4.69, 9.17) is 13.9 Å². The van der Waals surface area contributed by atoms with Crippen molar-refractivity contribution in [2.75, 3.05) is 13.7 Å². The fourth-order valence-corrected chi connectivity index (χ4v) is 9.46. The summed E-state index contributed by atoms with van der Waals surface area (Å²) in [7, 11) is -1.27. The van der Waals surface area contributed by atoms with Gasteiger partial charge in [-0.2, -0.15) is 0 Å². The minimum absolute atomic E-state index is 0.105. The zero-order chi connectivity index (χ0) is 25.7. The average molecular weight is 493 g/mol. The molecule has 0 saturated heterocycles. The van der Waals surface area contributed by atoms with E-state index in [9.17, 15) is 9.59 Å². The number of esters is 1. The summed E-state index contributed by atoms with van der Waals surface area (Å²) in [6, 6.07) is 21.1. The molecule has 0 fully saturated rings. The summed E-state index contributed by atoms with van der Waals surface area (Å²) in [5.74, 6) is -2.54. The molecule has 2 atom stereocenters. The van der Waals surface area contributed by atoms with Crippen LogP contribution in [0.4, 0.5) is 0 Å². The molecule has 0 spiro atoms. The van der Waals surface area contributed by atoms with E-state index >= 15 is 0 Å². The Balaban J connectivity index is 1.89. The van der Waals surface area contributed by atoms with E-state index in [0.717, 1.165) is 5.57 Å². The third-order valence-corrected chi connectivity index (χ3v) is 11.4. The number of allylic oxidation sites excluding steroid dienone is 2. The number of carbonyl (C=O) groups is 2. The van der Waals surface area contributed by atoms with Crippen LogP contribution < -0.4 is 10.4 Å². The van der Waals surface area contributed by atoms with Gasteiger partial charge < -0.3 is 13.9 Å². The lowest BCUT2D eigenvalue weighted by Gasteiger charge is -2.43. The molecule has 2 unspecified atom stereocenters. The van der Waals surface area contributed by atoms with E-state index in [2.05, 4.69) is 76.2 Å². The Morgan fingerprint density at radius 3 is 1.97 bits per heavy atom. The number of methoxy groups -OCH3 is 1. The predicted molar refractivity (Wildman–Crippen MR) is 141 cm³/mol. The Kier molecular flexibility index (Phi) is 8.31. The molecule has 6 heteroatoms. The van der Waals surface area contributed by atoms with Gasteiger partial charge in [-0.3, -0.25) is 9.59 Å². The maximum absolute atomic E-state index is 12.4. The van der Waals surface area contributed by atoms with E-state index in [1.165, 1.54) is 30.5 Å². The summed E-state index contributed by atoms with van der Waals surface area (Å²) in [6.45, 7) is 10.7. The van der Waals surface area contributed by atoms with Crippen molar-refractivity contribution in [2.24, 2.45) is 5.92 Å². The first-order chi connectivity index (χ1) is 16.5. The van der Waals surface area contributed by atoms with Gasteiger partial charge in [-0.05, 0) is 45.5 Å². The van der Waals surface area contributed by atoms with Gasteiger partial charge in [0.2, 0.25) is 5.78 Å². The second kappa shape index (κ2) is 10.9. The van der Waals surface area contributed by atoms with E-state index in [0.29, 0.717) is 13.0 Å². The van der Waals surface area contributed by atoms with Gasteiger partial charge in [-0.1, -0.05) is 94.4 Å². The van der Waals surface area contributed by atoms with Gasteiger partial charge >= 0.3 is 5.97 Å². The van der Waals surface area contributed by atoms with Crippen LogP contribution in [0.1, 0.15) is 41.0 Å². The number of carbonyl (C=O) groups excluding carboxylic acids is 2. The fourth-order valence-electron chi connectivity index (χ4n) is 4.77. The highest BCUT2D eigenvalue weighted by Gasteiger charge is 2.50. The predicted octanol–water partition coefficient (Wildman–Crippen LogP) is 4.56. The van der Waals surface area contributed by atoms with Crippen molar-refractivity contribution in [1.29, 1.82) is 0 Å². The van der Waals surface area contributed by atoms with Crippen LogP contribution in [0.15, 0.2) is 84.5 Å². The van der Waals surface area contributed by atoms with Crippen molar-refractivity contribution in [1.82, 2.24) is 0 Å². The van der Waals surface area contributed by atoms with Crippen molar-refractivity contribution < 1.29 is 23.5 Å². The van der Waals surface area contributed by atoms with Crippen LogP contribution in [-0.2, 0) is 23.5 Å². The SMILES string of the molecule is COC1(OC(C)=O)C=C(CC(C)CO[Si](c2ccccc2)(c2ccccc2)C(C)(C)C)C=CC1=O. The lowest BCUT2D eigenvalue weighted by Crippen LogP contribution is -2.66. The summed E-state index contributed by atoms with van der Waals surface area (Å²) in [6.07, 6.45) is 5.43. The second-order valence-corrected chi connectivity index (χ2v) is 14.5. The van der Waals surface area contributed by atoms with Crippen molar-refractivity contribution >= 4 is 30.4 Å². The number of ether oxygens (including phenoxy) is 2. The Labute approximate surface area is 209 Å². The largest absolute Gasteiger partial charge is 0.421 e. The molecule has 0 aromatic heterocycles. The number of hydrogen-bond donors (Lipinski definition) is 0. The Hall–Kier alpha value is -2.80. The molecular weight excluding hydrogens is 456 g/mol. The van der Waals surface area contributed by atoms with Crippen molar-refractivity contribution in [3.63, 3.8) is 0 Å². The molecule has 186 valence electrons. The van der Waals surface area contributed by atoms with Gasteiger partial charge in [0.1, 0.15) is 0 Å². The zero-order valence-electron chi connectivity index (χ0n) is 21.5. The van der Waals surface area contributed by atoms with Crippen LogP contribution in [0.3, 0.4) is 0 Å². The highest BCUT2D eigenvalue weighted by molar-refractivity contribution is 6.99. The fraction of sp³-hybridized carbons (Fsp3) is 0.379. The third kappa shape index (κ3) is 5.72. The molecule has 1 aliphatic carbocycles. The van der Waals surface area contributed by atoms with Crippen LogP contribution >= 0.6 is 0 Å². The van der Waals surface area contributed by atoms with E-state index in [-0.39, 0.29) is 11.0 Å². The molecule has 35 heavy (non-hydrogen) atoms. The molecule has 0 heterocycles. The summed E-state index contributed by atoms with van der Waals surface area (Å²) in [4.78, 5) is 24.0. The lowest BCUT2D eigenvalue weighted by atomic mass is 9.93. The Bertz CT molecular complexity index is 1050. The van der Waals surface area contributed by atoms with Gasteiger partial charge in [-0.25, -0.2) is 0 Å². The minimum Gasteiger partial charge on any atom is -0.421 e. The lowest BCUT2D eigenvalue weighted by molar-refractivity contribution is -0.199. The van der Waals surface area contributed by atoms with E-state index < -0.39 is 25.9 Å². The molecule has 0 bridgehead atoms. The van der Waals surface area contributed by atoms with Crippen molar-refractivity contribution in [3.05, 3.63) is 84.5 Å². The van der Waals surface area contributed by atoms with Gasteiger partial charge in [0.05, 0.1) is 0 Å². The summed E-state index contributed by atoms with van der Waals surface area (Å²) in [5, 5.41) is 2.37. The van der Waals surface area contributed by atoms with Gasteiger partial charge in [0.15, 0.2) is 0 Å². The zero-order valence-corrected chi connectivity index (χ0v) is 22.5. The van der Waals surface area contributed by atoms with Crippen LogP contribution in [0, 0.1) is 5.92 Å². The molecular formula is C29H36O5Si. The Morgan fingerprint density at radius 2 is 1.51 bits per heavy atom. The van der Waals surface area contributed by atoms with Gasteiger partial charge in [-0.15, -0.1) is 0 Å². The van der Waals surface area contributed by atoms with Crippen LogP contribution in [-0.4, -0.2) is 39.6 Å². The molecule has 2 aromatic carbocycles. The maximum Gasteiger partial charge on any atom is 0.305 e. The first-order valence-corrected chi connectivity index (χ1v) is 13.9. The van der Waals surface area contributed by atoms with E-state index in [1.807, 2.05) is 12.1 Å². The monoisotopic (exact) mass is 492 g/mol. The average Bonchev–Trinajstić information content (AvgIpc) is 2.82. The molecule has 0 saturated carbocycles. The van der Waals surface area contributed by atoms with Gasteiger partial charge in [0.25, 0.3) is 14.1 Å². The molecule has 2 aromatic rings. The highest BCUT2D eigenvalue weighted by Crippen LogP contribution is 2.37. The molecule has 1 aliphatic rings. The quantitative estimate of drug-likeness (QED) is 0.292. The van der Waals surface area contributed by atoms with E-state index in [1.54, 1.807) is 12.2 Å². The number of rotatable bonds is 9. The number of benzene rings is 2. The normalized spacial score (nSPS) is 19.3. The summed E-state index contributed by atoms with van der Waals surface area (Å²) < 4.78 is 17.6. The van der Waals surface area contributed by atoms with Gasteiger partial charge in [0, 0.05) is 20.6 Å². The standard InChI is InChI=1S/C29H36O5Si/c1-22(19-24-17-18-27(31)29(20-24,32-6)34-23(2)30)21-33-35(28(3,4)5,25-13-9-7-10-14-25)26-15-11-8-12-16-26/h7-18,20,22H,19,21H2,1-6H3. The minimum atomic E-state index is -2.63. The highest BCUT2D eigenvalue weighted by atomic mass is 28.4. The number of ketones is 1. The topological polar surface area (TPSA) is 61.8 Å². The molecule has 0 radical (unpaired) electrons. The molecule has 0 N–H and O–H groups in total. The Morgan fingerprint density at radius 1 is 0.971 bits per heavy atom.